The fraction of sp³-hybridized carbons (Fsp3) is 0.176. The largest absolute Gasteiger partial charge is 0.382 e. The number of nitrogens with one attached hydrogen (secondary N) is 1. The van der Waals surface area contributed by atoms with Crippen molar-refractivity contribution in [3.05, 3.63) is 65.5 Å². The molecule has 1 N–H and O–H groups in total. The summed E-state index contributed by atoms with van der Waals surface area (Å²) in [4.78, 5) is 17.3. The molecule has 1 aliphatic rings. The Bertz CT molecular complexity index is 726. The zero-order valence-electron chi connectivity index (χ0n) is 12.0. The van der Waals surface area contributed by atoms with Crippen LogP contribution in [-0.2, 0) is 9.63 Å². The van der Waals surface area contributed by atoms with Gasteiger partial charge in [-0.1, -0.05) is 41.1 Å². The van der Waals surface area contributed by atoms with Gasteiger partial charge in [0.2, 0.25) is 6.10 Å². The fourth-order valence-electron chi connectivity index (χ4n) is 2.23. The van der Waals surface area contributed by atoms with Crippen molar-refractivity contribution in [3.8, 4) is 0 Å². The lowest BCUT2D eigenvalue weighted by atomic mass is 10.0. The van der Waals surface area contributed by atoms with Crippen molar-refractivity contribution >= 4 is 17.3 Å². The summed E-state index contributed by atoms with van der Waals surface area (Å²) in [7, 11) is 0. The summed E-state index contributed by atoms with van der Waals surface area (Å²) >= 11 is 0. The molecule has 112 valence electrons. The molecule has 0 aliphatic carbocycles. The first-order valence-corrected chi connectivity index (χ1v) is 6.98. The normalized spacial score (nSPS) is 16.8. The summed E-state index contributed by atoms with van der Waals surface area (Å²) in [5.74, 6) is -0.664. The van der Waals surface area contributed by atoms with Gasteiger partial charge in [0.05, 0.1) is 5.71 Å². The number of hydrogen-bond acceptors (Lipinski definition) is 3. The van der Waals surface area contributed by atoms with Crippen LogP contribution in [0, 0.1) is 12.7 Å². The Morgan fingerprint density at radius 3 is 2.68 bits per heavy atom. The first-order valence-electron chi connectivity index (χ1n) is 6.98. The van der Waals surface area contributed by atoms with E-state index in [4.69, 9.17) is 4.84 Å². The van der Waals surface area contributed by atoms with Crippen molar-refractivity contribution in [2.24, 2.45) is 5.16 Å². The maximum absolute atomic E-state index is 13.7. The van der Waals surface area contributed by atoms with E-state index in [1.165, 1.54) is 6.07 Å². The van der Waals surface area contributed by atoms with Crippen molar-refractivity contribution in [2.45, 2.75) is 19.4 Å². The maximum atomic E-state index is 13.7. The van der Waals surface area contributed by atoms with Crippen molar-refractivity contribution in [2.75, 3.05) is 5.32 Å². The highest BCUT2D eigenvalue weighted by Crippen LogP contribution is 2.20. The molecule has 1 aliphatic heterocycles. The number of oxime groups is 1. The minimum absolute atomic E-state index is 0.249. The summed E-state index contributed by atoms with van der Waals surface area (Å²) < 4.78 is 13.7. The highest BCUT2D eigenvalue weighted by atomic mass is 19.1. The van der Waals surface area contributed by atoms with Crippen molar-refractivity contribution in [1.82, 2.24) is 0 Å². The molecule has 0 unspecified atom stereocenters. The Morgan fingerprint density at radius 1 is 1.23 bits per heavy atom. The molecule has 0 saturated carbocycles. The highest BCUT2D eigenvalue weighted by molar-refractivity contribution is 6.06. The van der Waals surface area contributed by atoms with Crippen molar-refractivity contribution in [1.29, 1.82) is 0 Å². The summed E-state index contributed by atoms with van der Waals surface area (Å²) in [6.07, 6.45) is -0.491. The van der Waals surface area contributed by atoms with Crippen LogP contribution in [0.15, 0.2) is 53.7 Å². The zero-order chi connectivity index (χ0) is 15.5. The minimum atomic E-state index is -0.740. The van der Waals surface area contributed by atoms with Gasteiger partial charge in [0, 0.05) is 17.7 Å². The van der Waals surface area contributed by atoms with Gasteiger partial charge in [0.25, 0.3) is 5.91 Å². The highest BCUT2D eigenvalue weighted by Gasteiger charge is 2.29. The number of amides is 1. The molecule has 3 rings (SSSR count). The van der Waals surface area contributed by atoms with Crippen LogP contribution in [0.25, 0.3) is 0 Å². The van der Waals surface area contributed by atoms with Gasteiger partial charge >= 0.3 is 0 Å². The number of nitrogens with zero attached hydrogens (tertiary/aromatic N) is 1. The van der Waals surface area contributed by atoms with Crippen LogP contribution >= 0.6 is 0 Å². The molecule has 0 saturated heterocycles. The summed E-state index contributed by atoms with van der Waals surface area (Å²) in [6, 6.07) is 13.8. The molecule has 0 radical (unpaired) electrons. The zero-order valence-corrected chi connectivity index (χ0v) is 12.0. The quantitative estimate of drug-likeness (QED) is 0.945. The predicted molar refractivity (Wildman–Crippen MR) is 82.2 cm³/mol. The molecule has 1 heterocycles. The van der Waals surface area contributed by atoms with Gasteiger partial charge in [-0.15, -0.1) is 0 Å². The van der Waals surface area contributed by atoms with E-state index in [1.807, 2.05) is 31.2 Å². The van der Waals surface area contributed by atoms with E-state index in [0.29, 0.717) is 17.0 Å². The molecule has 2 aromatic carbocycles. The standard InChI is InChI=1S/C17H15FN2O2/c1-11-6-8-12(9-7-11)19-17(21)16-10-15(20-22-16)13-4-2-3-5-14(13)18/h2-9,16H,10H2,1H3,(H,19,21)/t16-/m0/s1. The van der Waals surface area contributed by atoms with Gasteiger partial charge in [-0.05, 0) is 25.1 Å². The van der Waals surface area contributed by atoms with Gasteiger partial charge in [-0.25, -0.2) is 4.39 Å². The SMILES string of the molecule is Cc1ccc(NC(=O)[C@@H]2CC(c3ccccc3F)=NO2)cc1. The van der Waals surface area contributed by atoms with Crippen LogP contribution in [0.2, 0.25) is 0 Å². The van der Waals surface area contributed by atoms with Crippen molar-refractivity contribution < 1.29 is 14.0 Å². The van der Waals surface area contributed by atoms with Gasteiger partial charge in [0.1, 0.15) is 5.82 Å². The van der Waals surface area contributed by atoms with Crippen LogP contribution in [-0.4, -0.2) is 17.7 Å². The molecule has 0 aromatic heterocycles. The van der Waals surface area contributed by atoms with E-state index >= 15 is 0 Å². The predicted octanol–water partition coefficient (Wildman–Crippen LogP) is 3.27. The van der Waals surface area contributed by atoms with Gasteiger partial charge in [-0.3, -0.25) is 4.79 Å². The molecule has 0 fully saturated rings. The third-order valence-electron chi connectivity index (χ3n) is 3.47. The third-order valence-corrected chi connectivity index (χ3v) is 3.47. The Balaban J connectivity index is 1.65. The molecule has 0 spiro atoms. The molecule has 1 atom stereocenters. The summed E-state index contributed by atoms with van der Waals surface area (Å²) in [5, 5.41) is 6.61. The fourth-order valence-corrected chi connectivity index (χ4v) is 2.23. The monoisotopic (exact) mass is 298 g/mol. The number of benzene rings is 2. The summed E-state index contributed by atoms with van der Waals surface area (Å²) in [6.45, 7) is 1.97. The van der Waals surface area contributed by atoms with Crippen LogP contribution in [0.4, 0.5) is 10.1 Å². The van der Waals surface area contributed by atoms with E-state index in [-0.39, 0.29) is 18.1 Å². The molecular weight excluding hydrogens is 283 g/mol. The molecule has 5 heteroatoms. The Labute approximate surface area is 127 Å². The number of hydrogen-bond donors (Lipinski definition) is 1. The second-order valence-corrected chi connectivity index (χ2v) is 5.17. The molecule has 22 heavy (non-hydrogen) atoms. The lowest BCUT2D eigenvalue weighted by molar-refractivity contribution is -0.125. The van der Waals surface area contributed by atoms with Crippen LogP contribution in [0.3, 0.4) is 0 Å². The molecule has 0 bridgehead atoms. The number of anilines is 1. The lowest BCUT2D eigenvalue weighted by Crippen LogP contribution is -2.28. The average molecular weight is 298 g/mol. The average Bonchev–Trinajstić information content (AvgIpc) is 3.00. The van der Waals surface area contributed by atoms with Gasteiger partial charge in [-0.2, -0.15) is 0 Å². The molecular formula is C17H15FN2O2. The first-order chi connectivity index (χ1) is 10.6. The topological polar surface area (TPSA) is 50.7 Å². The van der Waals surface area contributed by atoms with E-state index in [2.05, 4.69) is 10.5 Å². The number of halogens is 1. The maximum Gasteiger partial charge on any atom is 0.268 e. The smallest absolute Gasteiger partial charge is 0.268 e. The number of rotatable bonds is 3. The van der Waals surface area contributed by atoms with Crippen LogP contribution in [0.1, 0.15) is 17.5 Å². The third kappa shape index (κ3) is 2.98. The van der Waals surface area contributed by atoms with Gasteiger partial charge < -0.3 is 10.2 Å². The Morgan fingerprint density at radius 2 is 1.95 bits per heavy atom. The second-order valence-electron chi connectivity index (χ2n) is 5.17. The van der Waals surface area contributed by atoms with Crippen LogP contribution in [0.5, 0.6) is 0 Å². The molecule has 4 nitrogen and oxygen atoms in total. The Hall–Kier alpha value is -2.69. The van der Waals surface area contributed by atoms with E-state index < -0.39 is 6.10 Å². The number of carbonyl (C=O) groups excluding carboxylic acids is 1. The lowest BCUT2D eigenvalue weighted by Gasteiger charge is -2.09. The van der Waals surface area contributed by atoms with Crippen molar-refractivity contribution in [3.63, 3.8) is 0 Å². The molecule has 2 aromatic rings. The summed E-state index contributed by atoms with van der Waals surface area (Å²) in [5.41, 5.74) is 2.62. The second kappa shape index (κ2) is 5.97. The molecule has 1 amide bonds. The number of carbonyl (C=O) groups is 1. The number of aryl methyl sites for hydroxylation is 1. The van der Waals surface area contributed by atoms with E-state index in [0.717, 1.165) is 5.56 Å². The van der Waals surface area contributed by atoms with E-state index in [9.17, 15) is 9.18 Å². The Kier molecular flexibility index (Phi) is 3.87. The van der Waals surface area contributed by atoms with Gasteiger partial charge in [0.15, 0.2) is 0 Å². The van der Waals surface area contributed by atoms with E-state index in [1.54, 1.807) is 18.2 Å². The first kappa shape index (κ1) is 14.3. The minimum Gasteiger partial charge on any atom is -0.382 e. The van der Waals surface area contributed by atoms with Crippen LogP contribution < -0.4 is 5.32 Å².